The molecule has 3 nitrogen and oxygen atoms in total. The fourth-order valence-electron chi connectivity index (χ4n) is 2.93. The standard InChI is InChI=1S/C15H18BrN3/c1-15(2)7-12(17)10-9-18-19(14(10)8-15)13-6-4-3-5-11(13)16/h3-6,9,12H,7-8,17H2,1-2H3. The summed E-state index contributed by atoms with van der Waals surface area (Å²) >= 11 is 3.60. The van der Waals surface area contributed by atoms with Gasteiger partial charge in [0.05, 0.1) is 11.9 Å². The van der Waals surface area contributed by atoms with Gasteiger partial charge in [0.1, 0.15) is 0 Å². The average molecular weight is 320 g/mol. The van der Waals surface area contributed by atoms with Crippen molar-refractivity contribution in [3.05, 3.63) is 46.2 Å². The van der Waals surface area contributed by atoms with Crippen molar-refractivity contribution in [3.63, 3.8) is 0 Å². The molecule has 0 radical (unpaired) electrons. The number of hydrogen-bond donors (Lipinski definition) is 1. The molecule has 0 saturated heterocycles. The second-order valence-corrected chi connectivity index (χ2v) is 6.92. The molecular weight excluding hydrogens is 302 g/mol. The molecule has 0 fully saturated rings. The molecule has 3 rings (SSSR count). The molecule has 100 valence electrons. The summed E-state index contributed by atoms with van der Waals surface area (Å²) in [5.41, 5.74) is 10.0. The normalized spacial score (nSPS) is 21.2. The van der Waals surface area contributed by atoms with Gasteiger partial charge in [0.2, 0.25) is 0 Å². The number of para-hydroxylation sites is 1. The van der Waals surface area contributed by atoms with Crippen molar-refractivity contribution >= 4 is 15.9 Å². The van der Waals surface area contributed by atoms with Crippen LogP contribution in [-0.4, -0.2) is 9.78 Å². The molecule has 1 atom stereocenters. The van der Waals surface area contributed by atoms with E-state index in [0.29, 0.717) is 0 Å². The van der Waals surface area contributed by atoms with E-state index in [1.165, 1.54) is 11.3 Å². The van der Waals surface area contributed by atoms with Crippen LogP contribution in [0.25, 0.3) is 5.69 Å². The summed E-state index contributed by atoms with van der Waals surface area (Å²) in [6.07, 6.45) is 3.95. The van der Waals surface area contributed by atoms with Gasteiger partial charge in [-0.15, -0.1) is 0 Å². The van der Waals surface area contributed by atoms with E-state index in [9.17, 15) is 0 Å². The molecule has 1 aromatic heterocycles. The van der Waals surface area contributed by atoms with Gasteiger partial charge in [-0.25, -0.2) is 4.68 Å². The van der Waals surface area contributed by atoms with Gasteiger partial charge in [-0.2, -0.15) is 5.10 Å². The molecule has 2 aromatic rings. The third-order valence-corrected chi connectivity index (χ3v) is 4.47. The van der Waals surface area contributed by atoms with Gasteiger partial charge in [0.15, 0.2) is 0 Å². The van der Waals surface area contributed by atoms with E-state index in [4.69, 9.17) is 5.73 Å². The molecule has 2 N–H and O–H groups in total. The summed E-state index contributed by atoms with van der Waals surface area (Å²) in [5, 5.41) is 4.55. The third-order valence-electron chi connectivity index (χ3n) is 3.80. The number of benzene rings is 1. The quantitative estimate of drug-likeness (QED) is 0.872. The lowest BCUT2D eigenvalue weighted by Crippen LogP contribution is -2.30. The van der Waals surface area contributed by atoms with Crippen LogP contribution in [0.15, 0.2) is 34.9 Å². The number of aromatic nitrogens is 2. The minimum absolute atomic E-state index is 0.0926. The number of rotatable bonds is 1. The molecular formula is C15H18BrN3. The molecule has 1 heterocycles. The first kappa shape index (κ1) is 12.9. The van der Waals surface area contributed by atoms with E-state index < -0.39 is 0 Å². The molecule has 0 spiro atoms. The van der Waals surface area contributed by atoms with Crippen LogP contribution in [-0.2, 0) is 6.42 Å². The lowest BCUT2D eigenvalue weighted by Gasteiger charge is -2.33. The van der Waals surface area contributed by atoms with Crippen LogP contribution in [0.5, 0.6) is 0 Å². The summed E-state index contributed by atoms with van der Waals surface area (Å²) in [6, 6.07) is 8.25. The maximum absolute atomic E-state index is 6.29. The van der Waals surface area contributed by atoms with Crippen molar-refractivity contribution in [1.29, 1.82) is 0 Å². The van der Waals surface area contributed by atoms with Gasteiger partial charge < -0.3 is 5.73 Å². The molecule has 1 aliphatic carbocycles. The zero-order valence-corrected chi connectivity index (χ0v) is 12.8. The fraction of sp³-hybridized carbons (Fsp3) is 0.400. The van der Waals surface area contributed by atoms with Gasteiger partial charge in [0, 0.05) is 21.8 Å². The largest absolute Gasteiger partial charge is 0.324 e. The predicted molar refractivity (Wildman–Crippen MR) is 80.3 cm³/mol. The monoisotopic (exact) mass is 319 g/mol. The summed E-state index contributed by atoms with van der Waals surface area (Å²) in [7, 11) is 0. The fourth-order valence-corrected chi connectivity index (χ4v) is 3.39. The van der Waals surface area contributed by atoms with Crippen molar-refractivity contribution in [1.82, 2.24) is 9.78 Å². The first-order valence-electron chi connectivity index (χ1n) is 6.55. The molecule has 0 saturated carbocycles. The maximum atomic E-state index is 6.29. The van der Waals surface area contributed by atoms with E-state index in [0.717, 1.165) is 23.0 Å². The number of fused-ring (bicyclic) bond motifs is 1. The number of hydrogen-bond acceptors (Lipinski definition) is 2. The predicted octanol–water partition coefficient (Wildman–Crippen LogP) is 3.61. The van der Waals surface area contributed by atoms with Crippen molar-refractivity contribution in [2.24, 2.45) is 11.1 Å². The summed E-state index contributed by atoms with van der Waals surface area (Å²) in [4.78, 5) is 0. The van der Waals surface area contributed by atoms with Crippen LogP contribution in [0.1, 0.15) is 37.6 Å². The molecule has 1 aromatic carbocycles. The number of halogens is 1. The van der Waals surface area contributed by atoms with E-state index in [1.54, 1.807) is 0 Å². The van der Waals surface area contributed by atoms with Gasteiger partial charge in [-0.1, -0.05) is 26.0 Å². The molecule has 19 heavy (non-hydrogen) atoms. The SMILES string of the molecule is CC1(C)Cc2c(cnn2-c2ccccc2Br)C(N)C1. The molecule has 4 heteroatoms. The van der Waals surface area contributed by atoms with Crippen molar-refractivity contribution in [3.8, 4) is 5.69 Å². The van der Waals surface area contributed by atoms with Crippen LogP contribution >= 0.6 is 15.9 Å². The van der Waals surface area contributed by atoms with Gasteiger partial charge >= 0.3 is 0 Å². The highest BCUT2D eigenvalue weighted by Crippen LogP contribution is 2.40. The molecule has 1 unspecified atom stereocenters. The Morgan fingerprint density at radius 3 is 2.84 bits per heavy atom. The molecule has 0 amide bonds. The van der Waals surface area contributed by atoms with Crippen molar-refractivity contribution in [2.75, 3.05) is 0 Å². The smallest absolute Gasteiger partial charge is 0.0790 e. The Morgan fingerprint density at radius 2 is 2.11 bits per heavy atom. The Balaban J connectivity index is 2.14. The lowest BCUT2D eigenvalue weighted by atomic mass is 9.74. The molecule has 0 aliphatic heterocycles. The van der Waals surface area contributed by atoms with E-state index in [2.05, 4.69) is 40.9 Å². The first-order chi connectivity index (χ1) is 8.98. The number of nitrogens with zero attached hydrogens (tertiary/aromatic N) is 2. The topological polar surface area (TPSA) is 43.8 Å². The van der Waals surface area contributed by atoms with E-state index in [1.807, 2.05) is 29.1 Å². The highest BCUT2D eigenvalue weighted by molar-refractivity contribution is 9.10. The second kappa shape index (κ2) is 4.46. The average Bonchev–Trinajstić information content (AvgIpc) is 2.72. The first-order valence-corrected chi connectivity index (χ1v) is 7.34. The summed E-state index contributed by atoms with van der Waals surface area (Å²) in [5.74, 6) is 0. The van der Waals surface area contributed by atoms with E-state index >= 15 is 0 Å². The minimum atomic E-state index is 0.0926. The van der Waals surface area contributed by atoms with Crippen molar-refractivity contribution in [2.45, 2.75) is 32.7 Å². The highest BCUT2D eigenvalue weighted by Gasteiger charge is 2.33. The third kappa shape index (κ3) is 2.23. The Hall–Kier alpha value is -1.13. The minimum Gasteiger partial charge on any atom is -0.324 e. The Labute approximate surface area is 121 Å². The molecule has 0 bridgehead atoms. The van der Waals surface area contributed by atoms with Gasteiger partial charge in [-0.05, 0) is 46.3 Å². The second-order valence-electron chi connectivity index (χ2n) is 6.06. The van der Waals surface area contributed by atoms with Crippen molar-refractivity contribution < 1.29 is 0 Å². The summed E-state index contributed by atoms with van der Waals surface area (Å²) < 4.78 is 3.08. The lowest BCUT2D eigenvalue weighted by molar-refractivity contribution is 0.278. The zero-order chi connectivity index (χ0) is 13.6. The van der Waals surface area contributed by atoms with Crippen LogP contribution in [0.4, 0.5) is 0 Å². The van der Waals surface area contributed by atoms with Crippen LogP contribution in [0.2, 0.25) is 0 Å². The van der Waals surface area contributed by atoms with Gasteiger partial charge in [-0.3, -0.25) is 0 Å². The Morgan fingerprint density at radius 1 is 1.37 bits per heavy atom. The Kier molecular flexibility index (Phi) is 3.02. The zero-order valence-electron chi connectivity index (χ0n) is 11.2. The summed E-state index contributed by atoms with van der Waals surface area (Å²) in [6.45, 7) is 4.54. The number of nitrogens with two attached hydrogens (primary N) is 1. The highest BCUT2D eigenvalue weighted by atomic mass is 79.9. The maximum Gasteiger partial charge on any atom is 0.0790 e. The van der Waals surface area contributed by atoms with E-state index in [-0.39, 0.29) is 11.5 Å². The molecule has 1 aliphatic rings. The van der Waals surface area contributed by atoms with Gasteiger partial charge in [0.25, 0.3) is 0 Å². The Bertz CT molecular complexity index is 616. The van der Waals surface area contributed by atoms with Crippen LogP contribution in [0, 0.1) is 5.41 Å². The van der Waals surface area contributed by atoms with Crippen LogP contribution < -0.4 is 5.73 Å². The van der Waals surface area contributed by atoms with Crippen LogP contribution in [0.3, 0.4) is 0 Å².